The lowest BCUT2D eigenvalue weighted by molar-refractivity contribution is -0.136. The normalized spacial score (nSPS) is 11.8. The Bertz CT molecular complexity index is 1160. The number of benzene rings is 1. The molecule has 0 bridgehead atoms. The van der Waals surface area contributed by atoms with Crippen LogP contribution in [0.15, 0.2) is 44.3 Å². The lowest BCUT2D eigenvalue weighted by Crippen LogP contribution is -2.36. The van der Waals surface area contributed by atoms with Crippen molar-refractivity contribution in [2.24, 2.45) is 0 Å². The second kappa shape index (κ2) is 7.61. The van der Waals surface area contributed by atoms with Gasteiger partial charge in [-0.05, 0) is 26.0 Å². The molecule has 0 saturated carbocycles. The number of hydrogen-bond donors (Lipinski definition) is 1. The van der Waals surface area contributed by atoms with Gasteiger partial charge < -0.3 is 9.32 Å². The fourth-order valence-electron chi connectivity index (χ4n) is 3.09. The summed E-state index contributed by atoms with van der Waals surface area (Å²) in [5, 5.41) is -0.179. The Kier molecular flexibility index (Phi) is 5.36. The first-order valence-corrected chi connectivity index (χ1v) is 8.84. The number of carbonyl (C=O) groups excluding carboxylic acids is 1. The van der Waals surface area contributed by atoms with E-state index in [9.17, 15) is 27.6 Å². The number of furan rings is 1. The molecule has 0 unspecified atom stereocenters. The maximum absolute atomic E-state index is 13.0. The molecule has 0 aliphatic carbocycles. The van der Waals surface area contributed by atoms with Crippen LogP contribution in [0.3, 0.4) is 0 Å². The van der Waals surface area contributed by atoms with E-state index in [-0.39, 0.29) is 34.7 Å². The number of para-hydroxylation sites is 1. The van der Waals surface area contributed by atoms with E-state index in [1.807, 2.05) is 0 Å². The molecule has 7 nitrogen and oxygen atoms in total. The molecule has 0 fully saturated rings. The third-order valence-corrected chi connectivity index (χ3v) is 4.49. The summed E-state index contributed by atoms with van der Waals surface area (Å²) in [5.74, 6) is -0.731. The van der Waals surface area contributed by atoms with Crippen LogP contribution in [0, 0.1) is 6.92 Å². The molecule has 0 spiro atoms. The summed E-state index contributed by atoms with van der Waals surface area (Å²) >= 11 is 0. The molecule has 1 amide bonds. The number of aromatic nitrogens is 2. The van der Waals surface area contributed by atoms with E-state index in [4.69, 9.17) is 4.42 Å². The molecule has 2 heterocycles. The van der Waals surface area contributed by atoms with Gasteiger partial charge in [-0.25, -0.2) is 9.36 Å². The number of fused-ring (bicyclic) bond motifs is 1. The molecular formula is C19H18F3N3O4. The van der Waals surface area contributed by atoms with Gasteiger partial charge in [0.15, 0.2) is 0 Å². The number of halogens is 3. The molecule has 29 heavy (non-hydrogen) atoms. The zero-order valence-corrected chi connectivity index (χ0v) is 15.7. The van der Waals surface area contributed by atoms with Crippen molar-refractivity contribution in [3.8, 4) is 5.69 Å². The number of aromatic amines is 1. The highest BCUT2D eigenvalue weighted by atomic mass is 19.4. The Morgan fingerprint density at radius 2 is 1.86 bits per heavy atom. The van der Waals surface area contributed by atoms with E-state index in [2.05, 4.69) is 4.98 Å². The van der Waals surface area contributed by atoms with Crippen LogP contribution in [0.2, 0.25) is 0 Å². The van der Waals surface area contributed by atoms with Gasteiger partial charge in [-0.15, -0.1) is 0 Å². The van der Waals surface area contributed by atoms with Crippen LogP contribution in [-0.2, 0) is 0 Å². The lowest BCUT2D eigenvalue weighted by Gasteiger charge is -2.21. The van der Waals surface area contributed by atoms with Crippen molar-refractivity contribution in [2.75, 3.05) is 13.1 Å². The third-order valence-electron chi connectivity index (χ3n) is 4.49. The maximum atomic E-state index is 13.0. The number of rotatable bonds is 5. The summed E-state index contributed by atoms with van der Waals surface area (Å²) in [4.78, 5) is 41.8. The van der Waals surface area contributed by atoms with Crippen LogP contribution in [0.1, 0.15) is 29.5 Å². The summed E-state index contributed by atoms with van der Waals surface area (Å²) in [6, 6.07) is 8.05. The molecule has 0 atom stereocenters. The zero-order chi connectivity index (χ0) is 21.3. The van der Waals surface area contributed by atoms with Crippen LogP contribution < -0.4 is 11.2 Å². The average Bonchev–Trinajstić information content (AvgIpc) is 2.98. The predicted octanol–water partition coefficient (Wildman–Crippen LogP) is 2.99. The van der Waals surface area contributed by atoms with E-state index in [1.54, 1.807) is 30.3 Å². The average molecular weight is 409 g/mol. The Morgan fingerprint density at radius 1 is 1.21 bits per heavy atom. The monoisotopic (exact) mass is 409 g/mol. The fourth-order valence-corrected chi connectivity index (χ4v) is 3.09. The minimum absolute atomic E-state index is 0.0112. The molecule has 10 heteroatoms. The van der Waals surface area contributed by atoms with Crippen molar-refractivity contribution < 1.29 is 22.4 Å². The lowest BCUT2D eigenvalue weighted by atomic mass is 10.1. The van der Waals surface area contributed by atoms with Gasteiger partial charge in [-0.1, -0.05) is 18.2 Å². The van der Waals surface area contributed by atoms with Gasteiger partial charge in [0.05, 0.1) is 17.7 Å². The number of H-pyrrole nitrogens is 1. The minimum atomic E-state index is -4.42. The number of alkyl halides is 3. The first kappa shape index (κ1) is 20.4. The Labute approximate surface area is 162 Å². The van der Waals surface area contributed by atoms with Gasteiger partial charge in [0.2, 0.25) is 5.71 Å². The molecule has 0 saturated heterocycles. The smallest absolute Gasteiger partial charge is 0.390 e. The Morgan fingerprint density at radius 3 is 2.45 bits per heavy atom. The molecule has 1 aromatic carbocycles. The van der Waals surface area contributed by atoms with Crippen LogP contribution in [0.4, 0.5) is 13.2 Å². The van der Waals surface area contributed by atoms with E-state index in [1.165, 1.54) is 13.8 Å². The minimum Gasteiger partial charge on any atom is -0.444 e. The molecular weight excluding hydrogens is 391 g/mol. The third kappa shape index (κ3) is 3.96. The molecule has 0 aliphatic rings. The molecule has 0 radical (unpaired) electrons. The summed E-state index contributed by atoms with van der Waals surface area (Å²) < 4.78 is 44.0. The predicted molar refractivity (Wildman–Crippen MR) is 99.4 cm³/mol. The summed E-state index contributed by atoms with van der Waals surface area (Å²) in [5.41, 5.74) is -1.62. The van der Waals surface area contributed by atoms with E-state index in [0.717, 1.165) is 9.47 Å². The molecule has 3 rings (SSSR count). The molecule has 2 aromatic heterocycles. The van der Waals surface area contributed by atoms with Crippen LogP contribution in [-0.4, -0.2) is 39.6 Å². The number of nitrogens with one attached hydrogen (secondary N) is 1. The standard InChI is InChI=1S/C19H18F3N3O4/c1-3-24(10-9-19(20,21)22)16(26)13-11(2)29-15-14(13)17(27)25(18(28)23-15)12-7-5-4-6-8-12/h4-8H,3,9-10H2,1-2H3,(H,23,28). The summed E-state index contributed by atoms with van der Waals surface area (Å²) in [7, 11) is 0. The second-order valence-electron chi connectivity index (χ2n) is 6.39. The zero-order valence-electron chi connectivity index (χ0n) is 15.7. The fraction of sp³-hybridized carbons (Fsp3) is 0.316. The number of amides is 1. The molecule has 0 aliphatic heterocycles. The first-order valence-electron chi connectivity index (χ1n) is 8.84. The highest BCUT2D eigenvalue weighted by Crippen LogP contribution is 2.24. The molecule has 1 N–H and O–H groups in total. The van der Waals surface area contributed by atoms with E-state index >= 15 is 0 Å². The van der Waals surface area contributed by atoms with Crippen molar-refractivity contribution >= 4 is 17.0 Å². The first-order chi connectivity index (χ1) is 13.6. The molecule has 3 aromatic rings. The Hall–Kier alpha value is -3.30. The maximum Gasteiger partial charge on any atom is 0.390 e. The van der Waals surface area contributed by atoms with E-state index < -0.39 is 36.3 Å². The van der Waals surface area contributed by atoms with Crippen molar-refractivity contribution in [3.05, 3.63) is 62.5 Å². The van der Waals surface area contributed by atoms with Crippen LogP contribution in [0.25, 0.3) is 16.8 Å². The summed E-state index contributed by atoms with van der Waals surface area (Å²) in [6.07, 6.45) is -5.60. The largest absolute Gasteiger partial charge is 0.444 e. The van der Waals surface area contributed by atoms with Gasteiger partial charge in [0, 0.05) is 13.1 Å². The van der Waals surface area contributed by atoms with Gasteiger partial charge >= 0.3 is 11.9 Å². The highest BCUT2D eigenvalue weighted by Gasteiger charge is 2.31. The van der Waals surface area contributed by atoms with Crippen molar-refractivity contribution in [2.45, 2.75) is 26.4 Å². The van der Waals surface area contributed by atoms with Gasteiger partial charge in [-0.2, -0.15) is 13.2 Å². The van der Waals surface area contributed by atoms with Crippen molar-refractivity contribution in [1.29, 1.82) is 0 Å². The number of nitrogens with zero attached hydrogens (tertiary/aromatic N) is 2. The number of carbonyl (C=O) groups is 1. The van der Waals surface area contributed by atoms with Gasteiger partial charge in [-0.3, -0.25) is 14.6 Å². The SMILES string of the molecule is CCN(CCC(F)(F)F)C(=O)c1c(C)oc2[nH]c(=O)n(-c3ccccc3)c(=O)c12. The van der Waals surface area contributed by atoms with Gasteiger partial charge in [0.25, 0.3) is 11.5 Å². The van der Waals surface area contributed by atoms with Gasteiger partial charge in [0.1, 0.15) is 11.1 Å². The highest BCUT2D eigenvalue weighted by molar-refractivity contribution is 6.06. The Balaban J connectivity index is 2.16. The van der Waals surface area contributed by atoms with Crippen LogP contribution >= 0.6 is 0 Å². The van der Waals surface area contributed by atoms with Crippen LogP contribution in [0.5, 0.6) is 0 Å². The van der Waals surface area contributed by atoms with E-state index in [0.29, 0.717) is 0 Å². The van der Waals surface area contributed by atoms with Crippen molar-refractivity contribution in [3.63, 3.8) is 0 Å². The second-order valence-corrected chi connectivity index (χ2v) is 6.39. The quantitative estimate of drug-likeness (QED) is 0.702. The molecule has 154 valence electrons. The van der Waals surface area contributed by atoms with Crippen molar-refractivity contribution in [1.82, 2.24) is 14.5 Å². The number of aryl methyl sites for hydroxylation is 1. The number of hydrogen-bond acceptors (Lipinski definition) is 4. The summed E-state index contributed by atoms with van der Waals surface area (Å²) in [6.45, 7) is 2.41. The topological polar surface area (TPSA) is 88.3 Å².